The van der Waals surface area contributed by atoms with E-state index in [9.17, 15) is 22.4 Å². The molecule has 0 atom stereocenters. The Hall–Kier alpha value is -2.45. The summed E-state index contributed by atoms with van der Waals surface area (Å²) in [5.74, 6) is -0.769. The van der Waals surface area contributed by atoms with E-state index in [1.54, 1.807) is 6.07 Å². The molecule has 2 heterocycles. The average Bonchev–Trinajstić information content (AvgIpc) is 2.85. The topological polar surface area (TPSA) is 35.6 Å². The second kappa shape index (κ2) is 11.5. The highest BCUT2D eigenvalue weighted by Gasteiger charge is 2.30. The summed E-state index contributed by atoms with van der Waals surface area (Å²) >= 11 is 0. The van der Waals surface area contributed by atoms with Gasteiger partial charge in [-0.2, -0.15) is 13.2 Å². The first-order chi connectivity index (χ1) is 16.8. The van der Waals surface area contributed by atoms with Gasteiger partial charge in [0, 0.05) is 23.7 Å². The highest BCUT2D eigenvalue weighted by atomic mass is 19.4. The van der Waals surface area contributed by atoms with E-state index in [1.165, 1.54) is 69.5 Å². The number of hydrogen-bond acceptors (Lipinski definition) is 3. The van der Waals surface area contributed by atoms with E-state index in [4.69, 9.17) is 0 Å². The zero-order chi connectivity index (χ0) is 24.8. The molecule has 2 aliphatic rings. The number of hydrogen-bond donors (Lipinski definition) is 1. The maximum Gasteiger partial charge on any atom is 0.416 e. The number of carbonyl (C=O) groups excluding carboxylic acids is 1. The van der Waals surface area contributed by atoms with Crippen LogP contribution < -0.4 is 5.32 Å². The maximum atomic E-state index is 14.6. The van der Waals surface area contributed by atoms with Crippen molar-refractivity contribution in [1.82, 2.24) is 9.80 Å². The zero-order valence-electron chi connectivity index (χ0n) is 19.9. The van der Waals surface area contributed by atoms with Crippen molar-refractivity contribution in [3.8, 4) is 11.1 Å². The number of carbonyl (C=O) groups is 1. The summed E-state index contributed by atoms with van der Waals surface area (Å²) in [4.78, 5) is 17.4. The van der Waals surface area contributed by atoms with Crippen LogP contribution in [0.2, 0.25) is 0 Å². The van der Waals surface area contributed by atoms with E-state index in [0.29, 0.717) is 23.7 Å². The Morgan fingerprint density at radius 3 is 2.26 bits per heavy atom. The van der Waals surface area contributed by atoms with Crippen LogP contribution in [-0.4, -0.2) is 54.5 Å². The molecule has 0 aromatic heterocycles. The normalized spacial score (nSPS) is 18.5. The largest absolute Gasteiger partial charge is 0.416 e. The molecule has 1 amide bonds. The first-order valence-corrected chi connectivity index (χ1v) is 12.5. The Kier molecular flexibility index (Phi) is 8.44. The number of amides is 1. The monoisotopic (exact) mass is 491 g/mol. The van der Waals surface area contributed by atoms with Gasteiger partial charge in [-0.25, -0.2) is 4.39 Å². The Bertz CT molecular complexity index is 979. The molecule has 2 aliphatic heterocycles. The molecule has 0 aliphatic carbocycles. The molecule has 0 radical (unpaired) electrons. The Balaban J connectivity index is 1.20. The van der Waals surface area contributed by atoms with Gasteiger partial charge in [-0.1, -0.05) is 18.6 Å². The average molecular weight is 492 g/mol. The van der Waals surface area contributed by atoms with E-state index in [1.807, 2.05) is 0 Å². The van der Waals surface area contributed by atoms with Gasteiger partial charge in [0.25, 0.3) is 0 Å². The SMILES string of the molecule is O=C(CCCN1CCC(N2CCCCC2)CC1)Nc1ccc(-c2ccc(C(F)(F)F)cc2)c(F)c1. The van der Waals surface area contributed by atoms with Gasteiger partial charge >= 0.3 is 6.18 Å². The van der Waals surface area contributed by atoms with Crippen molar-refractivity contribution in [3.05, 3.63) is 53.8 Å². The first kappa shape index (κ1) is 25.6. The van der Waals surface area contributed by atoms with E-state index < -0.39 is 17.6 Å². The van der Waals surface area contributed by atoms with Gasteiger partial charge in [-0.15, -0.1) is 0 Å². The summed E-state index contributed by atoms with van der Waals surface area (Å²) in [5, 5.41) is 2.73. The zero-order valence-corrected chi connectivity index (χ0v) is 19.9. The van der Waals surface area contributed by atoms with Crippen molar-refractivity contribution in [1.29, 1.82) is 0 Å². The minimum atomic E-state index is -4.44. The Labute approximate surface area is 204 Å². The molecular formula is C27H33F4N3O. The minimum absolute atomic E-state index is 0.171. The van der Waals surface area contributed by atoms with Gasteiger partial charge in [-0.05, 0) is 101 Å². The second-order valence-corrected chi connectivity index (χ2v) is 9.59. The predicted octanol–water partition coefficient (Wildman–Crippen LogP) is 6.18. The Morgan fingerprint density at radius 2 is 1.63 bits per heavy atom. The van der Waals surface area contributed by atoms with Crippen LogP contribution in [0.15, 0.2) is 42.5 Å². The molecule has 0 unspecified atom stereocenters. The van der Waals surface area contributed by atoms with E-state index in [0.717, 1.165) is 38.2 Å². The lowest BCUT2D eigenvalue weighted by Gasteiger charge is -2.40. The molecule has 4 rings (SSSR count). The van der Waals surface area contributed by atoms with Crippen LogP contribution in [-0.2, 0) is 11.0 Å². The molecule has 2 aromatic carbocycles. The van der Waals surface area contributed by atoms with Crippen molar-refractivity contribution < 1.29 is 22.4 Å². The number of nitrogens with zero attached hydrogens (tertiary/aromatic N) is 2. The van der Waals surface area contributed by atoms with Crippen LogP contribution in [0.5, 0.6) is 0 Å². The molecule has 0 saturated carbocycles. The van der Waals surface area contributed by atoms with Crippen LogP contribution in [0.25, 0.3) is 11.1 Å². The summed E-state index contributed by atoms with van der Waals surface area (Å²) in [6, 6.07) is 9.30. The molecule has 1 N–H and O–H groups in total. The van der Waals surface area contributed by atoms with Crippen molar-refractivity contribution in [2.24, 2.45) is 0 Å². The van der Waals surface area contributed by atoms with Crippen LogP contribution in [0.3, 0.4) is 0 Å². The molecule has 4 nitrogen and oxygen atoms in total. The standard InChI is InChI=1S/C27H33F4N3O/c28-25-19-22(10-11-24(25)20-6-8-21(9-7-20)27(29,30)31)32-26(35)5-4-14-33-17-12-23(13-18-33)34-15-2-1-3-16-34/h6-11,19,23H,1-5,12-18H2,(H,32,35). The van der Waals surface area contributed by atoms with E-state index in [2.05, 4.69) is 15.1 Å². The fourth-order valence-electron chi connectivity index (χ4n) is 5.14. The molecule has 2 aromatic rings. The minimum Gasteiger partial charge on any atom is -0.326 e. The number of piperidine rings is 2. The van der Waals surface area contributed by atoms with Gasteiger partial charge in [0.1, 0.15) is 5.82 Å². The van der Waals surface area contributed by atoms with Crippen LogP contribution in [0.1, 0.15) is 50.5 Å². The number of anilines is 1. The molecule has 35 heavy (non-hydrogen) atoms. The second-order valence-electron chi connectivity index (χ2n) is 9.59. The number of alkyl halides is 3. The quantitative estimate of drug-likeness (QED) is 0.470. The van der Waals surface area contributed by atoms with Crippen molar-refractivity contribution in [3.63, 3.8) is 0 Å². The van der Waals surface area contributed by atoms with Gasteiger partial charge in [0.15, 0.2) is 0 Å². The van der Waals surface area contributed by atoms with Crippen LogP contribution in [0, 0.1) is 5.82 Å². The number of likely N-dealkylation sites (tertiary alicyclic amines) is 2. The molecule has 0 spiro atoms. The van der Waals surface area contributed by atoms with Gasteiger partial charge < -0.3 is 15.1 Å². The smallest absolute Gasteiger partial charge is 0.326 e. The molecular weight excluding hydrogens is 458 g/mol. The lowest BCUT2D eigenvalue weighted by atomic mass is 10.00. The third-order valence-corrected chi connectivity index (χ3v) is 7.12. The van der Waals surface area contributed by atoms with Crippen molar-refractivity contribution >= 4 is 11.6 Å². The van der Waals surface area contributed by atoms with E-state index >= 15 is 0 Å². The molecule has 2 saturated heterocycles. The molecule has 8 heteroatoms. The van der Waals surface area contributed by atoms with Gasteiger partial charge in [0.2, 0.25) is 5.91 Å². The van der Waals surface area contributed by atoms with Crippen molar-refractivity contribution in [2.45, 2.75) is 57.2 Å². The van der Waals surface area contributed by atoms with Crippen LogP contribution >= 0.6 is 0 Å². The number of halogens is 4. The molecule has 0 bridgehead atoms. The lowest BCUT2D eigenvalue weighted by molar-refractivity contribution is -0.137. The summed E-state index contributed by atoms with van der Waals surface area (Å²) in [6.07, 6.45) is 3.03. The number of rotatable bonds is 7. The van der Waals surface area contributed by atoms with Crippen LogP contribution in [0.4, 0.5) is 23.2 Å². The summed E-state index contributed by atoms with van der Waals surface area (Å²) in [6.45, 7) is 5.48. The lowest BCUT2D eigenvalue weighted by Crippen LogP contribution is -2.46. The third-order valence-electron chi connectivity index (χ3n) is 7.12. The molecule has 2 fully saturated rings. The fraction of sp³-hybridized carbons (Fsp3) is 0.519. The number of benzene rings is 2. The first-order valence-electron chi connectivity index (χ1n) is 12.5. The molecule has 190 valence electrons. The maximum absolute atomic E-state index is 14.6. The highest BCUT2D eigenvalue weighted by Crippen LogP contribution is 2.32. The van der Waals surface area contributed by atoms with E-state index in [-0.39, 0.29) is 11.5 Å². The predicted molar refractivity (Wildman–Crippen MR) is 130 cm³/mol. The van der Waals surface area contributed by atoms with Crippen molar-refractivity contribution in [2.75, 3.05) is 38.0 Å². The fourth-order valence-corrected chi connectivity index (χ4v) is 5.14. The summed E-state index contributed by atoms with van der Waals surface area (Å²) < 4.78 is 52.8. The third kappa shape index (κ3) is 7.04. The van der Waals surface area contributed by atoms with Gasteiger partial charge in [0.05, 0.1) is 5.56 Å². The van der Waals surface area contributed by atoms with Gasteiger partial charge in [-0.3, -0.25) is 4.79 Å². The highest BCUT2D eigenvalue weighted by molar-refractivity contribution is 5.91. The Morgan fingerprint density at radius 1 is 0.943 bits per heavy atom. The summed E-state index contributed by atoms with van der Waals surface area (Å²) in [7, 11) is 0. The number of nitrogens with one attached hydrogen (secondary N) is 1. The summed E-state index contributed by atoms with van der Waals surface area (Å²) in [5.41, 5.74) is 0.0875.